The van der Waals surface area contributed by atoms with Crippen molar-refractivity contribution in [2.24, 2.45) is 14.1 Å². The summed E-state index contributed by atoms with van der Waals surface area (Å²) < 4.78 is 99.4. The third kappa shape index (κ3) is 15.7. The largest absolute Gasteiger partial charge is 0.301 e. The van der Waals surface area contributed by atoms with Crippen molar-refractivity contribution in [3.05, 3.63) is 208 Å². The fourth-order valence-electron chi connectivity index (χ4n) is 6.33. The first-order valence-corrected chi connectivity index (χ1v) is 28.7. The maximum atomic E-state index is 12.3. The maximum Gasteiger partial charge on any atom is 0.266 e. The number of hydrogen-bond acceptors (Lipinski definition) is 13. The van der Waals surface area contributed by atoms with Gasteiger partial charge in [0.1, 0.15) is 0 Å². The van der Waals surface area contributed by atoms with Gasteiger partial charge in [-0.25, -0.2) is 33.7 Å². The molecule has 72 heavy (non-hydrogen) atoms. The van der Waals surface area contributed by atoms with Crippen molar-refractivity contribution in [1.29, 1.82) is 0 Å². The van der Waals surface area contributed by atoms with Gasteiger partial charge in [-0.2, -0.15) is 0 Å². The van der Waals surface area contributed by atoms with Crippen molar-refractivity contribution in [3.63, 3.8) is 0 Å². The molecular weight excluding hydrogens is 1100 g/mol. The Kier molecular flexibility index (Phi) is 18.7. The molecule has 19 nitrogen and oxygen atoms in total. The Bertz CT molecular complexity index is 3720. The van der Waals surface area contributed by atoms with Gasteiger partial charge in [0.15, 0.2) is 39.3 Å². The van der Waals surface area contributed by atoms with Crippen molar-refractivity contribution >= 4 is 85.8 Å². The molecule has 0 bridgehead atoms. The van der Waals surface area contributed by atoms with E-state index in [1.165, 1.54) is 120 Å². The van der Waals surface area contributed by atoms with E-state index in [4.69, 9.17) is 46.4 Å². The summed E-state index contributed by atoms with van der Waals surface area (Å²) in [6, 6.07) is 27.7. The van der Waals surface area contributed by atoms with E-state index in [9.17, 15) is 48.1 Å². The summed E-state index contributed by atoms with van der Waals surface area (Å²) in [5.41, 5.74) is 1.62. The molecule has 7 aromatic rings. The van der Waals surface area contributed by atoms with Gasteiger partial charge in [0.2, 0.25) is 0 Å². The summed E-state index contributed by atoms with van der Waals surface area (Å²) >= 11 is 22.8. The molecular formula is C45H46Cl4N8O11S4. The molecule has 0 spiro atoms. The van der Waals surface area contributed by atoms with Crippen LogP contribution in [-0.4, -0.2) is 93.3 Å². The Balaban J connectivity index is 0.000000178. The van der Waals surface area contributed by atoms with E-state index in [-0.39, 0.29) is 59.3 Å². The highest BCUT2D eigenvalue weighted by molar-refractivity contribution is 7.92. The summed E-state index contributed by atoms with van der Waals surface area (Å²) in [6.07, 6.45) is 1.77. The Morgan fingerprint density at radius 1 is 0.444 bits per heavy atom. The second kappa shape index (κ2) is 23.7. The number of sulfone groups is 4. The molecule has 4 heterocycles. The van der Waals surface area contributed by atoms with Gasteiger partial charge >= 0.3 is 0 Å². The van der Waals surface area contributed by atoms with Gasteiger partial charge in [-0.3, -0.25) is 49.1 Å². The number of aromatic nitrogens is 6. The smallest absolute Gasteiger partial charge is 0.266 e. The monoisotopic (exact) mass is 1140 g/mol. The molecule has 0 unspecified atom stereocenters. The minimum Gasteiger partial charge on any atom is -0.301 e. The number of allylic oxidation sites excluding steroid dienone is 1. The number of halogens is 4. The van der Waals surface area contributed by atoms with Crippen LogP contribution in [0.15, 0.2) is 173 Å². The number of aryl methyl sites for hydroxylation is 2. The Morgan fingerprint density at radius 2 is 0.833 bits per heavy atom. The first kappa shape index (κ1) is 56.9. The van der Waals surface area contributed by atoms with Gasteiger partial charge in [-0.1, -0.05) is 53.0 Å². The number of nitrogens with zero attached hydrogens (tertiary/aromatic N) is 4. The molecule has 1 aliphatic heterocycles. The van der Waals surface area contributed by atoms with Crippen LogP contribution in [0.5, 0.6) is 0 Å². The van der Waals surface area contributed by atoms with Gasteiger partial charge in [0.05, 0.1) is 71.1 Å². The number of nitrogens with one attached hydrogen (secondary N) is 4. The third-order valence-electron chi connectivity index (χ3n) is 10.3. The minimum atomic E-state index is -3.48. The van der Waals surface area contributed by atoms with Crippen LogP contribution in [0.25, 0.3) is 0 Å². The minimum absolute atomic E-state index is 0.0610. The van der Waals surface area contributed by atoms with E-state index in [0.717, 1.165) is 5.70 Å². The Hall–Kier alpha value is -6.05. The normalized spacial score (nSPS) is 12.8. The molecule has 0 saturated heterocycles. The Labute approximate surface area is 434 Å². The van der Waals surface area contributed by atoms with Crippen LogP contribution in [0.3, 0.4) is 0 Å². The van der Waals surface area contributed by atoms with Gasteiger partial charge < -0.3 is 5.10 Å². The predicted molar refractivity (Wildman–Crippen MR) is 277 cm³/mol. The van der Waals surface area contributed by atoms with Crippen LogP contribution < -0.4 is 16.7 Å². The van der Waals surface area contributed by atoms with Crippen molar-refractivity contribution in [3.8, 4) is 0 Å². The maximum absolute atomic E-state index is 12.3. The molecule has 4 N–H and O–H groups in total. The topological polar surface area (TPSA) is 267 Å². The fraction of sp³-hybridized carbons (Fsp3) is 0.178. The lowest BCUT2D eigenvalue weighted by Gasteiger charge is -2.26. The van der Waals surface area contributed by atoms with Crippen LogP contribution in [0.2, 0.25) is 20.1 Å². The lowest BCUT2D eigenvalue weighted by molar-refractivity contribution is 0.134. The molecule has 0 saturated carbocycles. The van der Waals surface area contributed by atoms with Crippen LogP contribution in [0, 0.1) is 0 Å². The zero-order chi connectivity index (χ0) is 53.3. The second-order valence-corrected chi connectivity index (χ2v) is 25.4. The highest BCUT2D eigenvalue weighted by atomic mass is 35.5. The van der Waals surface area contributed by atoms with Crippen molar-refractivity contribution in [1.82, 2.24) is 39.8 Å². The van der Waals surface area contributed by atoms with Gasteiger partial charge in [0.25, 0.3) is 16.7 Å². The van der Waals surface area contributed by atoms with Gasteiger partial charge in [0, 0.05) is 66.5 Å². The lowest BCUT2D eigenvalue weighted by Crippen LogP contribution is -2.31. The quantitative estimate of drug-likeness (QED) is 0.105. The first-order valence-electron chi connectivity index (χ1n) is 20.6. The molecule has 384 valence electrons. The highest BCUT2D eigenvalue weighted by Crippen LogP contribution is 2.25. The number of rotatable bonds is 12. The summed E-state index contributed by atoms with van der Waals surface area (Å²) in [5.74, 6) is -0.795. The summed E-state index contributed by atoms with van der Waals surface area (Å²) in [5, 5.41) is 15.4. The second-order valence-electron chi connectivity index (χ2n) is 15.7. The molecule has 27 heteroatoms. The number of hydrogen-bond donors (Lipinski definition) is 4. The molecule has 0 radical (unpaired) electrons. The van der Waals surface area contributed by atoms with Gasteiger partial charge in [-0.15, -0.1) is 0 Å². The molecule has 0 atom stereocenters. The van der Waals surface area contributed by atoms with Crippen LogP contribution in [-0.2, 0) is 70.7 Å². The third-order valence-corrected chi connectivity index (χ3v) is 18.0. The van der Waals surface area contributed by atoms with E-state index in [1.54, 1.807) is 42.3 Å². The number of aromatic amines is 4. The molecule has 8 rings (SSSR count). The van der Waals surface area contributed by atoms with Crippen molar-refractivity contribution < 1.29 is 33.7 Å². The van der Waals surface area contributed by atoms with E-state index >= 15 is 0 Å². The molecule has 0 fully saturated rings. The predicted octanol–water partition coefficient (Wildman–Crippen LogP) is 6.32. The number of benzene rings is 4. The van der Waals surface area contributed by atoms with E-state index in [1.807, 2.05) is 7.05 Å². The SMILES string of the molecule is C=C1C=C(CS(=O)(=O)c2ccc(Cl)cc2)N(C)N1C.Cn1[nH]c(=O)cc1CS(=O)(=O)c1ccc(Cl)cc1.Cn1[nH]c(CS(=O)(=O)c2ccc(Cl)cc2)cc1=O.O=c1cc(CS(=O)(=O)c2ccc(Cl)cc2)[nH][nH]1. The average Bonchev–Trinajstić information content (AvgIpc) is 4.02. The van der Waals surface area contributed by atoms with E-state index < -0.39 is 39.3 Å². The van der Waals surface area contributed by atoms with E-state index in [0.29, 0.717) is 42.9 Å². The van der Waals surface area contributed by atoms with Crippen molar-refractivity contribution in [2.45, 2.75) is 36.8 Å². The van der Waals surface area contributed by atoms with Crippen LogP contribution in [0.4, 0.5) is 0 Å². The molecule has 3 aromatic heterocycles. The zero-order valence-electron chi connectivity index (χ0n) is 38.5. The van der Waals surface area contributed by atoms with Crippen LogP contribution >= 0.6 is 46.4 Å². The first-order chi connectivity index (χ1) is 33.5. The lowest BCUT2D eigenvalue weighted by atomic mass is 10.4. The average molecular weight is 1140 g/mol. The van der Waals surface area contributed by atoms with Gasteiger partial charge in [-0.05, 0) is 103 Å². The number of H-pyrrole nitrogens is 4. The zero-order valence-corrected chi connectivity index (χ0v) is 44.8. The Morgan fingerprint density at radius 3 is 1.15 bits per heavy atom. The summed E-state index contributed by atoms with van der Waals surface area (Å²) in [6.45, 7) is 3.85. The highest BCUT2D eigenvalue weighted by Gasteiger charge is 2.26. The number of likely N-dealkylation sites (N-methyl/N-ethyl adjacent to an activating group) is 1. The number of hydrazine groups is 1. The molecule has 0 amide bonds. The summed E-state index contributed by atoms with van der Waals surface area (Å²) in [4.78, 5) is 34.0. The molecule has 1 aliphatic rings. The van der Waals surface area contributed by atoms with Crippen molar-refractivity contribution in [2.75, 3.05) is 19.8 Å². The molecule has 4 aromatic carbocycles. The van der Waals surface area contributed by atoms with E-state index in [2.05, 4.69) is 27.0 Å². The standard InChI is InChI=1S/C13H15ClN2O2S.2C11H11ClN2O3S.C10H9ClN2O3S/c1-10-8-12(16(3)15(10)2)9-19(17,18)13-6-4-11(14)5-7-13;1-14-9(6-11(15)13-14)7-18(16,17)10-4-2-8(12)3-5-10;1-14-11(15)6-9(13-14)7-18(16,17)10-4-2-8(12)3-5-10;11-7-1-3-9(4-2-7)17(15,16)6-8-5-10(14)13-12-8/h4-8H,1,9H2,2-3H3;2-6H,7H2,1H3,(H,13,15);2-6,13H,7H2,1H3;1-5H,6H2,(H2,12,13,14). The fourth-order valence-corrected chi connectivity index (χ4v) is 12.1. The van der Waals surface area contributed by atoms with Crippen LogP contribution in [0.1, 0.15) is 17.1 Å². The molecule has 0 aliphatic carbocycles. The summed E-state index contributed by atoms with van der Waals surface area (Å²) in [7, 11) is -7.03.